The number of sulfonamides is 1. The van der Waals surface area contributed by atoms with E-state index in [0.717, 1.165) is 44.5 Å². The van der Waals surface area contributed by atoms with Gasteiger partial charge in [0.05, 0.1) is 12.9 Å². The molecule has 0 spiro atoms. The van der Waals surface area contributed by atoms with Crippen molar-refractivity contribution in [3.05, 3.63) is 29.3 Å². The van der Waals surface area contributed by atoms with Crippen LogP contribution in [0.25, 0.3) is 0 Å². The van der Waals surface area contributed by atoms with E-state index >= 15 is 0 Å². The monoisotopic (exact) mass is 412 g/mol. The Bertz CT molecular complexity index is 771. The zero-order valence-electron chi connectivity index (χ0n) is 15.9. The predicted octanol–water partition coefficient (Wildman–Crippen LogP) is 3.04. The summed E-state index contributed by atoms with van der Waals surface area (Å²) >= 11 is 5.76. The summed E-state index contributed by atoms with van der Waals surface area (Å²) in [7, 11) is -1.52. The molecule has 0 bridgehead atoms. The Morgan fingerprint density at radius 1 is 1.30 bits per heavy atom. The normalized spacial score (nSPS) is 28.9. The SMILES string of the molecule is COc1cccc2c1[C@@H]1C[C@@H]3[C@@H](CCCN3S(=O)(=O)CCCCl)CN1CC2. The van der Waals surface area contributed by atoms with Crippen LogP contribution in [0.3, 0.4) is 0 Å². The van der Waals surface area contributed by atoms with Crippen LogP contribution in [-0.2, 0) is 16.4 Å². The molecular weight excluding hydrogens is 384 g/mol. The minimum Gasteiger partial charge on any atom is -0.496 e. The third kappa shape index (κ3) is 3.61. The van der Waals surface area contributed by atoms with Gasteiger partial charge in [0.1, 0.15) is 5.75 Å². The van der Waals surface area contributed by atoms with E-state index in [9.17, 15) is 8.42 Å². The molecule has 5 nitrogen and oxygen atoms in total. The van der Waals surface area contributed by atoms with Gasteiger partial charge in [0.25, 0.3) is 0 Å². The molecule has 0 saturated carbocycles. The highest BCUT2D eigenvalue weighted by Crippen LogP contribution is 2.46. The molecule has 3 heterocycles. The first-order chi connectivity index (χ1) is 13.0. The highest BCUT2D eigenvalue weighted by atomic mass is 35.5. The molecule has 0 N–H and O–H groups in total. The Hall–Kier alpha value is -0.820. The number of fused-ring (bicyclic) bond motifs is 4. The molecule has 3 aliphatic rings. The van der Waals surface area contributed by atoms with Crippen LogP contribution < -0.4 is 4.74 Å². The average molecular weight is 413 g/mol. The first-order valence-electron chi connectivity index (χ1n) is 10.0. The number of benzene rings is 1. The van der Waals surface area contributed by atoms with E-state index in [-0.39, 0.29) is 17.8 Å². The van der Waals surface area contributed by atoms with E-state index in [1.54, 1.807) is 7.11 Å². The lowest BCUT2D eigenvalue weighted by Gasteiger charge is -2.52. The van der Waals surface area contributed by atoms with Crippen molar-refractivity contribution in [1.29, 1.82) is 0 Å². The summed E-state index contributed by atoms with van der Waals surface area (Å²) in [5.41, 5.74) is 2.62. The molecule has 0 aromatic heterocycles. The third-order valence-corrected chi connectivity index (χ3v) is 8.75. The number of alkyl halides is 1. The van der Waals surface area contributed by atoms with Crippen LogP contribution in [0.2, 0.25) is 0 Å². The summed E-state index contributed by atoms with van der Waals surface area (Å²) in [6.45, 7) is 2.68. The number of hydrogen-bond donors (Lipinski definition) is 0. The third-order valence-electron chi connectivity index (χ3n) is 6.51. The highest BCUT2D eigenvalue weighted by Gasteiger charge is 2.46. The van der Waals surface area contributed by atoms with Crippen molar-refractivity contribution in [3.63, 3.8) is 0 Å². The zero-order valence-corrected chi connectivity index (χ0v) is 17.5. The van der Waals surface area contributed by atoms with Crippen LogP contribution in [-0.4, -0.2) is 62.0 Å². The van der Waals surface area contributed by atoms with E-state index < -0.39 is 10.0 Å². The van der Waals surface area contributed by atoms with E-state index in [2.05, 4.69) is 17.0 Å². The second kappa shape index (κ2) is 7.90. The van der Waals surface area contributed by atoms with Crippen molar-refractivity contribution in [1.82, 2.24) is 9.21 Å². The fraction of sp³-hybridized carbons (Fsp3) is 0.700. The highest BCUT2D eigenvalue weighted by molar-refractivity contribution is 7.89. The molecule has 7 heteroatoms. The number of halogens is 1. The van der Waals surface area contributed by atoms with Gasteiger partial charge in [-0.3, -0.25) is 4.90 Å². The Kier molecular flexibility index (Phi) is 5.70. The number of rotatable bonds is 5. The van der Waals surface area contributed by atoms with Crippen LogP contribution in [0.5, 0.6) is 5.75 Å². The molecule has 1 aromatic carbocycles. The summed E-state index contributed by atoms with van der Waals surface area (Å²) < 4.78 is 33.4. The molecule has 150 valence electrons. The number of piperidine rings is 2. The summed E-state index contributed by atoms with van der Waals surface area (Å²) in [5.74, 6) is 1.92. The van der Waals surface area contributed by atoms with Crippen LogP contribution >= 0.6 is 11.6 Å². The van der Waals surface area contributed by atoms with Gasteiger partial charge >= 0.3 is 0 Å². The lowest BCUT2D eigenvalue weighted by atomic mass is 9.77. The Morgan fingerprint density at radius 2 is 2.15 bits per heavy atom. The lowest BCUT2D eigenvalue weighted by Crippen LogP contribution is -2.57. The van der Waals surface area contributed by atoms with Gasteiger partial charge in [0.15, 0.2) is 0 Å². The van der Waals surface area contributed by atoms with Crippen molar-refractivity contribution < 1.29 is 13.2 Å². The molecule has 4 rings (SSSR count). The Morgan fingerprint density at radius 3 is 2.93 bits per heavy atom. The fourth-order valence-electron chi connectivity index (χ4n) is 5.31. The molecule has 0 amide bonds. The predicted molar refractivity (Wildman–Crippen MR) is 108 cm³/mol. The zero-order chi connectivity index (χ0) is 19.0. The minimum atomic E-state index is -3.25. The van der Waals surface area contributed by atoms with Gasteiger partial charge in [-0.2, -0.15) is 4.31 Å². The first kappa shape index (κ1) is 19.5. The van der Waals surface area contributed by atoms with E-state index in [0.29, 0.717) is 24.8 Å². The molecule has 27 heavy (non-hydrogen) atoms. The van der Waals surface area contributed by atoms with Crippen molar-refractivity contribution in [2.24, 2.45) is 5.92 Å². The average Bonchev–Trinajstić information content (AvgIpc) is 2.69. The fourth-order valence-corrected chi connectivity index (χ4v) is 7.42. The summed E-state index contributed by atoms with van der Waals surface area (Å²) in [6, 6.07) is 6.62. The molecular formula is C20H29ClN2O3S. The van der Waals surface area contributed by atoms with Gasteiger partial charge in [0, 0.05) is 43.2 Å². The smallest absolute Gasteiger partial charge is 0.214 e. The summed E-state index contributed by atoms with van der Waals surface area (Å²) in [6.07, 6.45) is 4.49. The van der Waals surface area contributed by atoms with E-state index in [1.807, 2.05) is 10.4 Å². The van der Waals surface area contributed by atoms with Crippen LogP contribution in [0.1, 0.15) is 42.9 Å². The molecule has 0 unspecified atom stereocenters. The lowest BCUT2D eigenvalue weighted by molar-refractivity contribution is 0.0210. The van der Waals surface area contributed by atoms with E-state index in [1.165, 1.54) is 11.1 Å². The molecule has 2 fully saturated rings. The maximum absolute atomic E-state index is 13.0. The molecule has 3 aliphatic heterocycles. The van der Waals surface area contributed by atoms with Gasteiger partial charge in [-0.25, -0.2) is 8.42 Å². The first-order valence-corrected chi connectivity index (χ1v) is 12.1. The summed E-state index contributed by atoms with van der Waals surface area (Å²) in [4.78, 5) is 2.56. The maximum atomic E-state index is 13.0. The Balaban J connectivity index is 1.65. The van der Waals surface area contributed by atoms with Gasteiger partial charge in [-0.15, -0.1) is 11.6 Å². The van der Waals surface area contributed by atoms with Crippen LogP contribution in [0, 0.1) is 5.92 Å². The minimum absolute atomic E-state index is 0.0937. The molecule has 1 aromatic rings. The quantitative estimate of drug-likeness (QED) is 0.697. The molecule has 2 saturated heterocycles. The van der Waals surface area contributed by atoms with Gasteiger partial charge < -0.3 is 4.74 Å². The standard InChI is InChI=1S/C20H29ClN2O3S/c1-26-19-7-2-5-15-8-11-22-14-16-6-3-10-23(27(24,25)12-4-9-21)17(16)13-18(22)20(15)19/h2,5,7,16-18H,3-4,6,8-14H2,1H3/t16-,17+,18-/m0/s1. The van der Waals surface area contributed by atoms with Crippen molar-refractivity contribution in [2.75, 3.05) is 38.4 Å². The number of nitrogens with zero attached hydrogens (tertiary/aromatic N) is 2. The topological polar surface area (TPSA) is 49.9 Å². The second-order valence-electron chi connectivity index (χ2n) is 7.97. The number of hydrogen-bond acceptors (Lipinski definition) is 4. The maximum Gasteiger partial charge on any atom is 0.214 e. The largest absolute Gasteiger partial charge is 0.496 e. The van der Waals surface area contributed by atoms with Gasteiger partial charge in [-0.05, 0) is 49.7 Å². The van der Waals surface area contributed by atoms with Gasteiger partial charge in [-0.1, -0.05) is 12.1 Å². The molecule has 3 atom stereocenters. The summed E-state index contributed by atoms with van der Waals surface area (Å²) in [5, 5.41) is 0. The van der Waals surface area contributed by atoms with Crippen LogP contribution in [0.15, 0.2) is 18.2 Å². The van der Waals surface area contributed by atoms with Crippen molar-refractivity contribution >= 4 is 21.6 Å². The van der Waals surface area contributed by atoms with Gasteiger partial charge in [0.2, 0.25) is 10.0 Å². The number of methoxy groups -OCH3 is 1. The van der Waals surface area contributed by atoms with Crippen molar-refractivity contribution in [2.45, 2.75) is 44.2 Å². The second-order valence-corrected chi connectivity index (χ2v) is 10.4. The number of ether oxygens (including phenoxy) is 1. The van der Waals surface area contributed by atoms with Crippen molar-refractivity contribution in [3.8, 4) is 5.75 Å². The molecule has 0 radical (unpaired) electrons. The van der Waals surface area contributed by atoms with E-state index in [4.69, 9.17) is 16.3 Å². The van der Waals surface area contributed by atoms with Crippen LogP contribution in [0.4, 0.5) is 0 Å². The molecule has 0 aliphatic carbocycles. The Labute approximate surface area is 167 Å².